The highest BCUT2D eigenvalue weighted by Crippen LogP contribution is 2.28. The number of nitrogens with zero attached hydrogens (tertiary/aromatic N) is 2. The van der Waals surface area contributed by atoms with Gasteiger partial charge in [-0.25, -0.2) is 8.42 Å². The van der Waals surface area contributed by atoms with Gasteiger partial charge in [0.1, 0.15) is 5.75 Å². The zero-order chi connectivity index (χ0) is 18.7. The number of sulfone groups is 1. The monoisotopic (exact) mass is 381 g/mol. The minimum Gasteiger partial charge on any atom is -0.495 e. The van der Waals surface area contributed by atoms with Gasteiger partial charge < -0.3 is 15.0 Å². The molecule has 3 rings (SSSR count). The number of piperazine rings is 1. The zero-order valence-corrected chi connectivity index (χ0v) is 16.2. The highest BCUT2D eigenvalue weighted by atomic mass is 32.2. The van der Waals surface area contributed by atoms with Gasteiger partial charge in [-0.3, -0.25) is 9.69 Å². The van der Waals surface area contributed by atoms with Gasteiger partial charge in [0, 0.05) is 32.2 Å². The molecule has 1 amide bonds. The first-order chi connectivity index (χ1) is 12.4. The van der Waals surface area contributed by atoms with Crippen molar-refractivity contribution in [3.05, 3.63) is 24.3 Å². The summed E-state index contributed by atoms with van der Waals surface area (Å²) < 4.78 is 28.5. The first kappa shape index (κ1) is 19.0. The van der Waals surface area contributed by atoms with Crippen LogP contribution in [-0.2, 0) is 14.6 Å². The quantitative estimate of drug-likeness (QED) is 0.801. The van der Waals surface area contributed by atoms with Crippen molar-refractivity contribution in [3.63, 3.8) is 0 Å². The van der Waals surface area contributed by atoms with Gasteiger partial charge in [-0.1, -0.05) is 12.1 Å². The van der Waals surface area contributed by atoms with Crippen molar-refractivity contribution >= 4 is 21.4 Å². The summed E-state index contributed by atoms with van der Waals surface area (Å²) >= 11 is 0. The fourth-order valence-electron chi connectivity index (χ4n) is 3.64. The Kier molecular flexibility index (Phi) is 5.72. The van der Waals surface area contributed by atoms with Gasteiger partial charge in [-0.05, 0) is 25.5 Å². The van der Waals surface area contributed by atoms with Crippen LogP contribution in [-0.4, -0.2) is 76.1 Å². The lowest BCUT2D eigenvalue weighted by Gasteiger charge is -2.39. The molecule has 2 fully saturated rings. The molecule has 0 aromatic heterocycles. The van der Waals surface area contributed by atoms with Gasteiger partial charge in [0.25, 0.3) is 0 Å². The smallest absolute Gasteiger partial charge is 0.237 e. The van der Waals surface area contributed by atoms with Gasteiger partial charge in [-0.2, -0.15) is 0 Å². The summed E-state index contributed by atoms with van der Waals surface area (Å²) in [7, 11) is -1.31. The molecule has 2 heterocycles. The highest BCUT2D eigenvalue weighted by molar-refractivity contribution is 7.91. The van der Waals surface area contributed by atoms with Crippen molar-refractivity contribution in [3.8, 4) is 5.75 Å². The fourth-order valence-corrected chi connectivity index (χ4v) is 5.31. The number of anilines is 1. The van der Waals surface area contributed by atoms with Crippen LogP contribution in [0.25, 0.3) is 0 Å². The lowest BCUT2D eigenvalue weighted by Crippen LogP contribution is -2.55. The molecule has 2 atom stereocenters. The minimum absolute atomic E-state index is 0.0625. The van der Waals surface area contributed by atoms with E-state index in [1.165, 1.54) is 0 Å². The molecule has 2 aliphatic heterocycles. The number of ether oxygens (including phenoxy) is 1. The van der Waals surface area contributed by atoms with Crippen LogP contribution in [0.4, 0.5) is 5.69 Å². The standard InChI is InChI=1S/C18H27N3O4S/c1-14(18(22)19-15-7-12-26(23,24)13-15)20-8-10-21(11-9-20)16-5-3-4-6-17(16)25-2/h3-6,14-15H,7-13H2,1-2H3,(H,19,22)/t14-,15-/m0/s1. The largest absolute Gasteiger partial charge is 0.495 e. The fraction of sp³-hybridized carbons (Fsp3) is 0.611. The SMILES string of the molecule is COc1ccccc1N1CCN([C@@H](C)C(=O)N[C@H]2CCS(=O)(=O)C2)CC1. The predicted molar refractivity (Wildman–Crippen MR) is 101 cm³/mol. The van der Waals surface area contributed by atoms with Crippen molar-refractivity contribution in [1.29, 1.82) is 0 Å². The number of hydrogen-bond donors (Lipinski definition) is 1. The molecule has 8 heteroatoms. The number of methoxy groups -OCH3 is 1. The van der Waals surface area contributed by atoms with E-state index in [4.69, 9.17) is 4.74 Å². The maximum atomic E-state index is 12.5. The average molecular weight is 381 g/mol. The third kappa shape index (κ3) is 4.29. The minimum atomic E-state index is -2.98. The molecule has 0 radical (unpaired) electrons. The lowest BCUT2D eigenvalue weighted by molar-refractivity contribution is -0.126. The van der Waals surface area contributed by atoms with Gasteiger partial charge in [-0.15, -0.1) is 0 Å². The highest BCUT2D eigenvalue weighted by Gasteiger charge is 2.32. The second-order valence-electron chi connectivity index (χ2n) is 6.98. The topological polar surface area (TPSA) is 79.0 Å². The van der Waals surface area contributed by atoms with E-state index in [-0.39, 0.29) is 29.5 Å². The average Bonchev–Trinajstić information content (AvgIpc) is 2.99. The Labute approximate surface area is 155 Å². The molecule has 7 nitrogen and oxygen atoms in total. The Balaban J connectivity index is 1.53. The van der Waals surface area contributed by atoms with E-state index in [2.05, 4.69) is 15.1 Å². The number of carbonyl (C=O) groups excluding carboxylic acids is 1. The molecule has 2 saturated heterocycles. The molecular formula is C18H27N3O4S. The van der Waals surface area contributed by atoms with Gasteiger partial charge in [0.05, 0.1) is 30.3 Å². The lowest BCUT2D eigenvalue weighted by atomic mass is 10.1. The maximum absolute atomic E-state index is 12.5. The number of hydrogen-bond acceptors (Lipinski definition) is 6. The van der Waals surface area contributed by atoms with Crippen molar-refractivity contribution < 1.29 is 17.9 Å². The number of nitrogens with one attached hydrogen (secondary N) is 1. The third-order valence-corrected chi connectivity index (χ3v) is 7.01. The van der Waals surface area contributed by atoms with E-state index in [0.29, 0.717) is 6.42 Å². The van der Waals surface area contributed by atoms with Crippen molar-refractivity contribution in [2.24, 2.45) is 0 Å². The Morgan fingerprint density at radius 2 is 1.92 bits per heavy atom. The van der Waals surface area contributed by atoms with E-state index in [9.17, 15) is 13.2 Å². The Morgan fingerprint density at radius 1 is 1.23 bits per heavy atom. The number of carbonyl (C=O) groups is 1. The molecule has 0 saturated carbocycles. The van der Waals surface area contributed by atoms with Crippen LogP contribution < -0.4 is 15.0 Å². The molecule has 0 aliphatic carbocycles. The first-order valence-corrected chi connectivity index (χ1v) is 10.8. The number of rotatable bonds is 5. The van der Waals surface area contributed by atoms with Crippen LogP contribution in [0, 0.1) is 0 Å². The zero-order valence-electron chi connectivity index (χ0n) is 15.3. The summed E-state index contributed by atoms with van der Waals surface area (Å²) in [4.78, 5) is 16.9. The molecule has 0 spiro atoms. The molecule has 0 unspecified atom stereocenters. The number of para-hydroxylation sites is 2. The summed E-state index contributed by atoms with van der Waals surface area (Å²) in [5.41, 5.74) is 1.07. The summed E-state index contributed by atoms with van der Waals surface area (Å²) in [5.74, 6) is 1.00. The van der Waals surface area contributed by atoms with Gasteiger partial charge >= 0.3 is 0 Å². The Hall–Kier alpha value is -1.80. The second-order valence-corrected chi connectivity index (χ2v) is 9.21. The van der Waals surface area contributed by atoms with Crippen molar-refractivity contribution in [2.75, 3.05) is 49.7 Å². The molecule has 26 heavy (non-hydrogen) atoms. The van der Waals surface area contributed by atoms with E-state index in [1.807, 2.05) is 31.2 Å². The van der Waals surface area contributed by atoms with E-state index in [0.717, 1.165) is 37.6 Å². The third-order valence-electron chi connectivity index (χ3n) is 5.25. The van der Waals surface area contributed by atoms with Crippen LogP contribution in [0.1, 0.15) is 13.3 Å². The van der Waals surface area contributed by atoms with Crippen LogP contribution in [0.5, 0.6) is 5.75 Å². The van der Waals surface area contributed by atoms with E-state index >= 15 is 0 Å². The predicted octanol–water partition coefficient (Wildman–Crippen LogP) is 0.509. The second kappa shape index (κ2) is 7.84. The Bertz CT molecular complexity index is 745. The molecule has 1 aromatic rings. The molecule has 2 aliphatic rings. The van der Waals surface area contributed by atoms with Gasteiger partial charge in [0.2, 0.25) is 5.91 Å². The van der Waals surface area contributed by atoms with Crippen molar-refractivity contribution in [1.82, 2.24) is 10.2 Å². The Morgan fingerprint density at radius 3 is 2.54 bits per heavy atom. The molecule has 1 aromatic carbocycles. The van der Waals surface area contributed by atoms with Gasteiger partial charge in [0.15, 0.2) is 9.84 Å². The maximum Gasteiger partial charge on any atom is 0.237 e. The molecular weight excluding hydrogens is 354 g/mol. The summed E-state index contributed by atoms with van der Waals surface area (Å²) in [6, 6.07) is 7.44. The summed E-state index contributed by atoms with van der Waals surface area (Å²) in [5, 5.41) is 2.90. The van der Waals surface area contributed by atoms with E-state index in [1.54, 1.807) is 7.11 Å². The van der Waals surface area contributed by atoms with Crippen LogP contribution in [0.2, 0.25) is 0 Å². The summed E-state index contributed by atoms with van der Waals surface area (Å²) in [6.07, 6.45) is 0.516. The number of benzene rings is 1. The van der Waals surface area contributed by atoms with E-state index < -0.39 is 9.84 Å². The molecule has 0 bridgehead atoms. The normalized spacial score (nSPS) is 24.2. The van der Waals surface area contributed by atoms with Crippen LogP contribution in [0.15, 0.2) is 24.3 Å². The van der Waals surface area contributed by atoms with Crippen LogP contribution in [0.3, 0.4) is 0 Å². The number of amides is 1. The molecule has 1 N–H and O–H groups in total. The van der Waals surface area contributed by atoms with Crippen LogP contribution >= 0.6 is 0 Å². The summed E-state index contributed by atoms with van der Waals surface area (Å²) in [6.45, 7) is 5.06. The molecule has 144 valence electrons. The first-order valence-electron chi connectivity index (χ1n) is 9.02. The van der Waals surface area contributed by atoms with Crippen molar-refractivity contribution in [2.45, 2.75) is 25.4 Å².